The number of hydrazone groups is 1. The summed E-state index contributed by atoms with van der Waals surface area (Å²) in [5.74, 6) is -0.518. The van der Waals surface area contributed by atoms with E-state index in [4.69, 9.17) is 21.4 Å². The van der Waals surface area contributed by atoms with Crippen molar-refractivity contribution in [1.82, 2.24) is 10.3 Å². The molecule has 1 fully saturated rings. The number of aryl methyl sites for hydroxylation is 1. The maximum absolute atomic E-state index is 12.7. The number of ether oxygens (including phenoxy) is 1. The lowest BCUT2D eigenvalue weighted by Crippen LogP contribution is -2.61. The van der Waals surface area contributed by atoms with Crippen LogP contribution in [0.1, 0.15) is 34.7 Å². The Morgan fingerprint density at radius 3 is 2.76 bits per heavy atom. The lowest BCUT2D eigenvalue weighted by molar-refractivity contribution is -0.0949. The van der Waals surface area contributed by atoms with Crippen LogP contribution in [-0.4, -0.2) is 21.8 Å². The van der Waals surface area contributed by atoms with E-state index in [-0.39, 0.29) is 11.3 Å². The molecule has 2 unspecified atom stereocenters. The van der Waals surface area contributed by atoms with Gasteiger partial charge in [0, 0.05) is 17.0 Å². The van der Waals surface area contributed by atoms with E-state index >= 15 is 0 Å². The van der Waals surface area contributed by atoms with Gasteiger partial charge in [-0.3, -0.25) is 10.1 Å². The van der Waals surface area contributed by atoms with E-state index in [1.807, 2.05) is 65.7 Å². The van der Waals surface area contributed by atoms with Crippen molar-refractivity contribution in [1.29, 1.82) is 0 Å². The predicted octanol–water partition coefficient (Wildman–Crippen LogP) is 6.34. The van der Waals surface area contributed by atoms with Gasteiger partial charge in [-0.25, -0.2) is 5.01 Å². The molecule has 0 aliphatic carbocycles. The number of carbonyl (C=O) groups excluding carboxylic acids is 1. The number of carbonyl (C=O) groups is 1. The third-order valence-electron chi connectivity index (χ3n) is 6.21. The molecule has 7 heteroatoms. The second-order valence-corrected chi connectivity index (χ2v) is 9.74. The topological polar surface area (TPSA) is 53.9 Å². The molecule has 5 nitrogen and oxygen atoms in total. The van der Waals surface area contributed by atoms with Gasteiger partial charge in [-0.15, -0.1) is 0 Å². The first-order valence-corrected chi connectivity index (χ1v) is 11.9. The van der Waals surface area contributed by atoms with Crippen LogP contribution in [0.2, 0.25) is 5.02 Å². The Morgan fingerprint density at radius 1 is 1.15 bits per heavy atom. The monoisotopic (exact) mass is 473 g/mol. The van der Waals surface area contributed by atoms with Gasteiger partial charge in [-0.1, -0.05) is 66.2 Å². The maximum atomic E-state index is 12.7. The fourth-order valence-corrected chi connectivity index (χ4v) is 5.66. The van der Waals surface area contributed by atoms with Crippen LogP contribution in [0, 0.1) is 6.92 Å². The van der Waals surface area contributed by atoms with Crippen LogP contribution in [0.25, 0.3) is 6.08 Å². The number of fused-ring (bicyclic) bond motifs is 4. The fourth-order valence-electron chi connectivity index (χ4n) is 4.58. The molecule has 0 radical (unpaired) electrons. The maximum Gasteiger partial charge on any atom is 0.314 e. The smallest absolute Gasteiger partial charge is 0.314 e. The molecule has 1 N–H and O–H groups in total. The number of benzene rings is 3. The van der Waals surface area contributed by atoms with Gasteiger partial charge in [0.2, 0.25) is 0 Å². The van der Waals surface area contributed by atoms with Crippen molar-refractivity contribution < 1.29 is 9.53 Å². The summed E-state index contributed by atoms with van der Waals surface area (Å²) in [5.41, 5.74) is 5.10. The van der Waals surface area contributed by atoms with Gasteiger partial charge < -0.3 is 4.74 Å². The highest BCUT2D eigenvalue weighted by molar-refractivity contribution is 8.17. The Balaban J connectivity index is 1.54. The van der Waals surface area contributed by atoms with E-state index in [0.717, 1.165) is 44.6 Å². The molecule has 164 valence electrons. The largest absolute Gasteiger partial charge is 0.444 e. The van der Waals surface area contributed by atoms with E-state index in [2.05, 4.69) is 30.4 Å². The highest BCUT2D eigenvalue weighted by Gasteiger charge is 2.58. The summed E-state index contributed by atoms with van der Waals surface area (Å²) >= 11 is 7.50. The zero-order valence-corrected chi connectivity index (χ0v) is 19.4. The predicted molar refractivity (Wildman–Crippen MR) is 132 cm³/mol. The molecule has 6 rings (SSSR count). The van der Waals surface area contributed by atoms with E-state index < -0.39 is 5.85 Å². The SMILES string of the molecule is Cc1ccccc1/C=C1\SC(=O)NC12Oc1ccc(Cl)cc1C1CC(c3ccccc3)=NN12. The molecule has 3 aromatic carbocycles. The van der Waals surface area contributed by atoms with E-state index in [9.17, 15) is 4.79 Å². The molecule has 33 heavy (non-hydrogen) atoms. The molecule has 3 aromatic rings. The summed E-state index contributed by atoms with van der Waals surface area (Å²) in [7, 11) is 0. The molecule has 0 saturated carbocycles. The highest BCUT2D eigenvalue weighted by Crippen LogP contribution is 2.53. The minimum atomic E-state index is -1.22. The van der Waals surface area contributed by atoms with Crippen molar-refractivity contribution in [2.24, 2.45) is 5.10 Å². The number of thioether (sulfide) groups is 1. The van der Waals surface area contributed by atoms with E-state index in [0.29, 0.717) is 17.2 Å². The minimum absolute atomic E-state index is 0.123. The van der Waals surface area contributed by atoms with Crippen molar-refractivity contribution in [2.45, 2.75) is 25.2 Å². The number of nitrogens with zero attached hydrogens (tertiary/aromatic N) is 2. The molecule has 0 aromatic heterocycles. The third-order valence-corrected chi connectivity index (χ3v) is 7.35. The number of hydrogen-bond acceptors (Lipinski definition) is 5. The quantitative estimate of drug-likeness (QED) is 0.471. The summed E-state index contributed by atoms with van der Waals surface area (Å²) in [6.45, 7) is 2.05. The van der Waals surface area contributed by atoms with Crippen LogP contribution < -0.4 is 10.1 Å². The van der Waals surface area contributed by atoms with Gasteiger partial charge in [0.05, 0.1) is 16.7 Å². The van der Waals surface area contributed by atoms with Crippen LogP contribution in [-0.2, 0) is 0 Å². The van der Waals surface area contributed by atoms with Gasteiger partial charge >= 0.3 is 5.85 Å². The van der Waals surface area contributed by atoms with Crippen LogP contribution in [0.3, 0.4) is 0 Å². The molecule has 1 amide bonds. The Labute approximate surface area is 201 Å². The highest BCUT2D eigenvalue weighted by atomic mass is 35.5. The number of halogens is 1. The van der Waals surface area contributed by atoms with Gasteiger partial charge in [0.25, 0.3) is 5.24 Å². The molecule has 0 bridgehead atoms. The Kier molecular flexibility index (Phi) is 4.75. The average Bonchev–Trinajstić information content (AvgIpc) is 3.40. The fraction of sp³-hybridized carbons (Fsp3) is 0.154. The normalized spacial score (nSPS) is 24.4. The van der Waals surface area contributed by atoms with Gasteiger partial charge in [0.1, 0.15) is 5.75 Å². The van der Waals surface area contributed by atoms with Crippen LogP contribution in [0.4, 0.5) is 4.79 Å². The third kappa shape index (κ3) is 3.33. The number of nitrogens with one attached hydrogen (secondary N) is 1. The van der Waals surface area contributed by atoms with Gasteiger partial charge in [0.15, 0.2) is 0 Å². The van der Waals surface area contributed by atoms with Gasteiger partial charge in [-0.05, 0) is 59.7 Å². The average molecular weight is 474 g/mol. The zero-order chi connectivity index (χ0) is 22.6. The van der Waals surface area contributed by atoms with E-state index in [1.54, 1.807) is 0 Å². The zero-order valence-electron chi connectivity index (χ0n) is 17.8. The van der Waals surface area contributed by atoms with Crippen molar-refractivity contribution in [3.63, 3.8) is 0 Å². The van der Waals surface area contributed by atoms with Crippen LogP contribution in [0.5, 0.6) is 5.75 Å². The molecular weight excluding hydrogens is 454 g/mol. The number of amides is 1. The van der Waals surface area contributed by atoms with Crippen LogP contribution >= 0.6 is 23.4 Å². The Morgan fingerprint density at radius 2 is 1.94 bits per heavy atom. The number of rotatable bonds is 2. The summed E-state index contributed by atoms with van der Waals surface area (Å²) in [6, 6.07) is 23.7. The first-order valence-electron chi connectivity index (χ1n) is 10.7. The molecule has 1 saturated heterocycles. The molecule has 3 aliphatic rings. The van der Waals surface area contributed by atoms with Crippen molar-refractivity contribution >= 4 is 40.4 Å². The summed E-state index contributed by atoms with van der Waals surface area (Å²) in [5, 5.41) is 10.5. The standard InChI is InChI=1S/C26H20ClN3O2S/c1-16-7-5-6-10-18(16)13-24-26(28-25(31)33-24)30-22(20-14-19(27)11-12-23(20)32-26)15-21(29-30)17-8-3-2-4-9-17/h2-14,22H,15H2,1H3,(H,28,31)/b24-13-. The Hall–Kier alpha value is -3.22. The molecule has 3 heterocycles. The van der Waals surface area contributed by atoms with Crippen molar-refractivity contribution in [2.75, 3.05) is 0 Å². The number of hydrogen-bond donors (Lipinski definition) is 1. The first-order chi connectivity index (χ1) is 16.0. The lowest BCUT2D eigenvalue weighted by Gasteiger charge is -2.45. The lowest BCUT2D eigenvalue weighted by atomic mass is 9.95. The molecule has 2 atom stereocenters. The molecule has 1 spiro atoms. The first kappa shape index (κ1) is 20.4. The molecule has 3 aliphatic heterocycles. The van der Waals surface area contributed by atoms with Crippen molar-refractivity contribution in [3.05, 3.63) is 105 Å². The van der Waals surface area contributed by atoms with Gasteiger partial charge in [-0.2, -0.15) is 5.10 Å². The Bertz CT molecular complexity index is 1340. The second-order valence-electron chi connectivity index (χ2n) is 8.29. The van der Waals surface area contributed by atoms with Crippen molar-refractivity contribution in [3.8, 4) is 5.75 Å². The van der Waals surface area contributed by atoms with E-state index in [1.165, 1.54) is 0 Å². The minimum Gasteiger partial charge on any atom is -0.444 e. The summed E-state index contributed by atoms with van der Waals surface area (Å²) in [6.07, 6.45) is 2.70. The second kappa shape index (κ2) is 7.68. The van der Waals surface area contributed by atoms with Crippen LogP contribution in [0.15, 0.2) is 82.8 Å². The molecular formula is C26H20ClN3O2S. The summed E-state index contributed by atoms with van der Waals surface area (Å²) in [4.78, 5) is 13.5. The summed E-state index contributed by atoms with van der Waals surface area (Å²) < 4.78 is 6.57.